The van der Waals surface area contributed by atoms with E-state index in [0.717, 1.165) is 10.5 Å². The summed E-state index contributed by atoms with van der Waals surface area (Å²) in [7, 11) is 0. The third kappa shape index (κ3) is 3.00. The largest absolute Gasteiger partial charge is 0.409 e. The van der Waals surface area contributed by atoms with Crippen molar-refractivity contribution in [3.63, 3.8) is 0 Å². The molecule has 1 aromatic heterocycles. The molecular formula is C13H12ClN3OS. The molecule has 1 aromatic carbocycles. The van der Waals surface area contributed by atoms with Gasteiger partial charge in [-0.25, -0.2) is 4.98 Å². The van der Waals surface area contributed by atoms with Crippen LogP contribution >= 0.6 is 23.4 Å². The van der Waals surface area contributed by atoms with E-state index in [2.05, 4.69) is 10.1 Å². The van der Waals surface area contributed by atoms with Crippen molar-refractivity contribution >= 4 is 29.2 Å². The van der Waals surface area contributed by atoms with Crippen LogP contribution in [-0.4, -0.2) is 16.0 Å². The number of oxime groups is 1. The lowest BCUT2D eigenvalue weighted by Crippen LogP contribution is -2.14. The Hall–Kier alpha value is -1.72. The predicted molar refractivity (Wildman–Crippen MR) is 77.1 cm³/mol. The minimum atomic E-state index is -0.0287. The normalized spacial score (nSPS) is 11.6. The molecule has 4 nitrogen and oxygen atoms in total. The van der Waals surface area contributed by atoms with E-state index in [1.165, 1.54) is 11.8 Å². The molecule has 2 rings (SSSR count). The lowest BCUT2D eigenvalue weighted by molar-refractivity contribution is 0.318. The maximum Gasteiger partial charge on any atom is 0.171 e. The van der Waals surface area contributed by atoms with Gasteiger partial charge in [-0.1, -0.05) is 46.7 Å². The van der Waals surface area contributed by atoms with Crippen LogP contribution in [0.2, 0.25) is 5.02 Å². The Kier molecular flexibility index (Phi) is 4.29. The first kappa shape index (κ1) is 13.7. The SMILES string of the molecule is Cc1ccccc1Sc1nccc(/C(N)=N/O)c1Cl. The van der Waals surface area contributed by atoms with Gasteiger partial charge in [0.15, 0.2) is 5.84 Å². The number of nitrogens with two attached hydrogens (primary N) is 1. The van der Waals surface area contributed by atoms with Gasteiger partial charge in [-0.3, -0.25) is 0 Å². The molecule has 0 spiro atoms. The van der Waals surface area contributed by atoms with Gasteiger partial charge in [-0.05, 0) is 24.6 Å². The number of nitrogens with zero attached hydrogens (tertiary/aromatic N) is 2. The van der Waals surface area contributed by atoms with E-state index in [1.54, 1.807) is 12.3 Å². The zero-order valence-corrected chi connectivity index (χ0v) is 11.7. The molecule has 0 amide bonds. The maximum atomic E-state index is 8.71. The predicted octanol–water partition coefficient (Wildman–Crippen LogP) is 3.29. The van der Waals surface area contributed by atoms with Gasteiger partial charge < -0.3 is 10.9 Å². The van der Waals surface area contributed by atoms with Gasteiger partial charge in [0.1, 0.15) is 5.03 Å². The Labute approximate surface area is 120 Å². The first-order chi connectivity index (χ1) is 9.13. The van der Waals surface area contributed by atoms with Crippen LogP contribution in [0.4, 0.5) is 0 Å². The summed E-state index contributed by atoms with van der Waals surface area (Å²) in [6.45, 7) is 2.02. The Morgan fingerprint density at radius 3 is 2.79 bits per heavy atom. The lowest BCUT2D eigenvalue weighted by atomic mass is 10.2. The van der Waals surface area contributed by atoms with Crippen LogP contribution in [0.15, 0.2) is 51.6 Å². The minimum Gasteiger partial charge on any atom is -0.409 e. The zero-order chi connectivity index (χ0) is 13.8. The van der Waals surface area contributed by atoms with E-state index < -0.39 is 0 Å². The summed E-state index contributed by atoms with van der Waals surface area (Å²) >= 11 is 7.68. The van der Waals surface area contributed by atoms with Crippen molar-refractivity contribution in [3.8, 4) is 0 Å². The van der Waals surface area contributed by atoms with Crippen molar-refractivity contribution in [2.24, 2.45) is 10.9 Å². The summed E-state index contributed by atoms with van der Waals surface area (Å²) in [5.41, 5.74) is 7.17. The molecule has 0 saturated heterocycles. The standard InChI is InChI=1S/C13H12ClN3OS/c1-8-4-2-3-5-10(8)19-13-11(14)9(6-7-16-13)12(15)17-18/h2-7,18H,1H3,(H2,15,17). The van der Waals surface area contributed by atoms with Gasteiger partial charge in [0.25, 0.3) is 0 Å². The fourth-order valence-corrected chi connectivity index (χ4v) is 2.74. The highest BCUT2D eigenvalue weighted by Gasteiger charge is 2.12. The number of aromatic nitrogens is 1. The quantitative estimate of drug-likeness (QED) is 0.394. The highest BCUT2D eigenvalue weighted by atomic mass is 35.5. The molecule has 6 heteroatoms. The van der Waals surface area contributed by atoms with Crippen molar-refractivity contribution in [1.29, 1.82) is 0 Å². The maximum absolute atomic E-state index is 8.71. The van der Waals surface area contributed by atoms with Crippen LogP contribution in [0.25, 0.3) is 0 Å². The topological polar surface area (TPSA) is 71.5 Å². The summed E-state index contributed by atoms with van der Waals surface area (Å²) in [6.07, 6.45) is 1.58. The van der Waals surface area contributed by atoms with E-state index in [1.807, 2.05) is 31.2 Å². The van der Waals surface area contributed by atoms with Gasteiger partial charge in [0.05, 0.1) is 5.02 Å². The molecule has 0 bridgehead atoms. The highest BCUT2D eigenvalue weighted by Crippen LogP contribution is 2.34. The molecule has 0 aliphatic rings. The Morgan fingerprint density at radius 1 is 1.37 bits per heavy atom. The highest BCUT2D eigenvalue weighted by molar-refractivity contribution is 7.99. The summed E-state index contributed by atoms with van der Waals surface area (Å²) < 4.78 is 0. The number of amidine groups is 1. The third-order valence-electron chi connectivity index (χ3n) is 2.54. The van der Waals surface area contributed by atoms with Gasteiger partial charge in [0, 0.05) is 16.7 Å². The fraction of sp³-hybridized carbons (Fsp3) is 0.0769. The monoisotopic (exact) mass is 293 g/mol. The van der Waals surface area contributed by atoms with Crippen molar-refractivity contribution < 1.29 is 5.21 Å². The number of hydrogen-bond acceptors (Lipinski definition) is 4. The molecule has 0 aliphatic carbocycles. The number of hydrogen-bond donors (Lipinski definition) is 2. The van der Waals surface area contributed by atoms with Crippen molar-refractivity contribution in [2.45, 2.75) is 16.8 Å². The van der Waals surface area contributed by atoms with Crippen molar-refractivity contribution in [3.05, 3.63) is 52.7 Å². The summed E-state index contributed by atoms with van der Waals surface area (Å²) in [5.74, 6) is -0.0287. The fourth-order valence-electron chi connectivity index (χ4n) is 1.52. The molecule has 1 heterocycles. The lowest BCUT2D eigenvalue weighted by Gasteiger charge is -2.08. The number of aryl methyl sites for hydroxylation is 1. The number of rotatable bonds is 3. The van der Waals surface area contributed by atoms with Gasteiger partial charge in [-0.15, -0.1) is 0 Å². The second-order valence-corrected chi connectivity index (χ2v) is 5.24. The van der Waals surface area contributed by atoms with Gasteiger partial charge in [-0.2, -0.15) is 0 Å². The second-order valence-electron chi connectivity index (χ2n) is 3.83. The smallest absolute Gasteiger partial charge is 0.171 e. The Bertz CT molecular complexity index is 631. The van der Waals surface area contributed by atoms with Crippen LogP contribution in [0, 0.1) is 6.92 Å². The number of pyridine rings is 1. The van der Waals surface area contributed by atoms with Crippen LogP contribution in [0.5, 0.6) is 0 Å². The van der Waals surface area contributed by atoms with E-state index in [9.17, 15) is 0 Å². The van der Waals surface area contributed by atoms with Crippen molar-refractivity contribution in [1.82, 2.24) is 4.98 Å². The number of benzene rings is 1. The van der Waals surface area contributed by atoms with E-state index in [4.69, 9.17) is 22.5 Å². The van der Waals surface area contributed by atoms with Gasteiger partial charge in [0.2, 0.25) is 0 Å². The summed E-state index contributed by atoms with van der Waals surface area (Å²) in [6, 6.07) is 9.55. The molecule has 98 valence electrons. The molecule has 0 aliphatic heterocycles. The molecule has 0 unspecified atom stereocenters. The molecule has 0 radical (unpaired) electrons. The van der Waals surface area contributed by atoms with Crippen LogP contribution < -0.4 is 5.73 Å². The molecule has 0 fully saturated rings. The summed E-state index contributed by atoms with van der Waals surface area (Å²) in [4.78, 5) is 5.29. The average Bonchev–Trinajstić information content (AvgIpc) is 2.42. The second kappa shape index (κ2) is 5.95. The first-order valence-corrected chi connectivity index (χ1v) is 6.69. The first-order valence-electron chi connectivity index (χ1n) is 5.49. The van der Waals surface area contributed by atoms with Crippen LogP contribution in [-0.2, 0) is 0 Å². The molecule has 0 atom stereocenters. The van der Waals surface area contributed by atoms with E-state index in [0.29, 0.717) is 15.6 Å². The zero-order valence-electron chi connectivity index (χ0n) is 10.2. The molecular weight excluding hydrogens is 282 g/mol. The van der Waals surface area contributed by atoms with Gasteiger partial charge >= 0.3 is 0 Å². The van der Waals surface area contributed by atoms with Crippen molar-refractivity contribution in [2.75, 3.05) is 0 Å². The Morgan fingerprint density at radius 2 is 2.11 bits per heavy atom. The molecule has 2 aromatic rings. The molecule has 0 saturated carbocycles. The minimum absolute atomic E-state index is 0.0287. The van der Waals surface area contributed by atoms with E-state index >= 15 is 0 Å². The summed E-state index contributed by atoms with van der Waals surface area (Å²) in [5, 5.41) is 12.7. The Balaban J connectivity index is 2.40. The third-order valence-corrected chi connectivity index (χ3v) is 4.22. The van der Waals surface area contributed by atoms with Crippen LogP contribution in [0.3, 0.4) is 0 Å². The number of halogens is 1. The average molecular weight is 294 g/mol. The van der Waals surface area contributed by atoms with E-state index in [-0.39, 0.29) is 5.84 Å². The molecule has 19 heavy (non-hydrogen) atoms. The molecule has 3 N–H and O–H groups in total. The van der Waals surface area contributed by atoms with Crippen LogP contribution in [0.1, 0.15) is 11.1 Å².